The highest BCUT2D eigenvalue weighted by molar-refractivity contribution is 7.89. The molecule has 0 bridgehead atoms. The SMILES string of the molecule is CNCc1sccc1S(=O)(=O)N(C)CC1CCCN1C. The summed E-state index contributed by atoms with van der Waals surface area (Å²) in [7, 11) is 2.19. The minimum absolute atomic E-state index is 0.334. The van der Waals surface area contributed by atoms with E-state index in [4.69, 9.17) is 0 Å². The van der Waals surface area contributed by atoms with E-state index in [2.05, 4.69) is 17.3 Å². The first-order chi connectivity index (χ1) is 9.46. The van der Waals surface area contributed by atoms with E-state index in [9.17, 15) is 8.42 Å². The van der Waals surface area contributed by atoms with Crippen molar-refractivity contribution in [3.8, 4) is 0 Å². The zero-order valence-corrected chi connectivity index (χ0v) is 13.9. The summed E-state index contributed by atoms with van der Waals surface area (Å²) in [6.45, 7) is 2.21. The predicted octanol–water partition coefficient (Wildman–Crippen LogP) is 1.18. The number of likely N-dealkylation sites (N-methyl/N-ethyl adjacent to an activating group) is 2. The van der Waals surface area contributed by atoms with Gasteiger partial charge in [0.2, 0.25) is 10.0 Å². The van der Waals surface area contributed by atoms with Gasteiger partial charge in [0, 0.05) is 31.1 Å². The number of sulfonamides is 1. The van der Waals surface area contributed by atoms with Crippen molar-refractivity contribution in [3.63, 3.8) is 0 Å². The molecule has 2 rings (SSSR count). The normalized spacial score (nSPS) is 20.9. The van der Waals surface area contributed by atoms with Crippen molar-refractivity contribution in [2.24, 2.45) is 0 Å². The lowest BCUT2D eigenvalue weighted by Crippen LogP contribution is -2.39. The molecule has 114 valence electrons. The van der Waals surface area contributed by atoms with Crippen LogP contribution < -0.4 is 5.32 Å². The molecule has 5 nitrogen and oxygen atoms in total. The standard InChI is InChI=1S/C13H23N3O2S2/c1-14-9-12-13(6-8-19-12)20(17,18)16(3)10-11-5-4-7-15(11)2/h6,8,11,14H,4-5,7,9-10H2,1-3H3. The van der Waals surface area contributed by atoms with Crippen LogP contribution in [0.4, 0.5) is 0 Å². The molecule has 1 saturated heterocycles. The topological polar surface area (TPSA) is 52.7 Å². The lowest BCUT2D eigenvalue weighted by Gasteiger charge is -2.25. The third kappa shape index (κ3) is 3.23. The predicted molar refractivity (Wildman–Crippen MR) is 82.6 cm³/mol. The molecule has 0 saturated carbocycles. The summed E-state index contributed by atoms with van der Waals surface area (Å²) in [6.07, 6.45) is 2.22. The van der Waals surface area contributed by atoms with E-state index >= 15 is 0 Å². The molecule has 1 aliphatic rings. The van der Waals surface area contributed by atoms with Gasteiger partial charge >= 0.3 is 0 Å². The van der Waals surface area contributed by atoms with Crippen LogP contribution in [-0.2, 0) is 16.6 Å². The van der Waals surface area contributed by atoms with Crippen molar-refractivity contribution in [2.45, 2.75) is 30.3 Å². The molecule has 0 spiro atoms. The molecule has 7 heteroatoms. The fourth-order valence-corrected chi connectivity index (χ4v) is 5.25. The van der Waals surface area contributed by atoms with Gasteiger partial charge in [-0.25, -0.2) is 8.42 Å². The second-order valence-electron chi connectivity index (χ2n) is 5.30. The number of nitrogens with one attached hydrogen (secondary N) is 1. The molecule has 0 aromatic carbocycles. The third-order valence-corrected chi connectivity index (χ3v) is 6.83. The van der Waals surface area contributed by atoms with E-state index in [0.29, 0.717) is 24.0 Å². The number of hydrogen-bond acceptors (Lipinski definition) is 5. The van der Waals surface area contributed by atoms with Crippen molar-refractivity contribution in [2.75, 3.05) is 34.2 Å². The van der Waals surface area contributed by atoms with Crippen LogP contribution >= 0.6 is 11.3 Å². The maximum absolute atomic E-state index is 12.7. The Bertz CT molecular complexity index is 542. The summed E-state index contributed by atoms with van der Waals surface area (Å²) in [5.41, 5.74) is 0. The first-order valence-corrected chi connectivity index (χ1v) is 9.16. The summed E-state index contributed by atoms with van der Waals surface area (Å²) in [5.74, 6) is 0. The number of rotatable bonds is 6. The van der Waals surface area contributed by atoms with Gasteiger partial charge in [0.15, 0.2) is 0 Å². The van der Waals surface area contributed by atoms with Crippen LogP contribution in [0.25, 0.3) is 0 Å². The van der Waals surface area contributed by atoms with E-state index in [1.807, 2.05) is 12.4 Å². The van der Waals surface area contributed by atoms with E-state index < -0.39 is 10.0 Å². The fraction of sp³-hybridized carbons (Fsp3) is 0.692. The fourth-order valence-electron chi connectivity index (χ4n) is 2.62. The van der Waals surface area contributed by atoms with Crippen LogP contribution in [-0.4, -0.2) is 57.9 Å². The first-order valence-electron chi connectivity index (χ1n) is 6.84. The Hall–Kier alpha value is -0.470. The smallest absolute Gasteiger partial charge is 0.244 e. The zero-order valence-electron chi connectivity index (χ0n) is 12.3. The van der Waals surface area contributed by atoms with Gasteiger partial charge in [0.25, 0.3) is 0 Å². The van der Waals surface area contributed by atoms with E-state index in [1.165, 1.54) is 15.6 Å². The minimum Gasteiger partial charge on any atom is -0.315 e. The molecule has 2 heterocycles. The van der Waals surface area contributed by atoms with Crippen LogP contribution in [0, 0.1) is 0 Å². The molecule has 1 aromatic heterocycles. The Morgan fingerprint density at radius 1 is 1.55 bits per heavy atom. The number of nitrogens with zero attached hydrogens (tertiary/aromatic N) is 2. The lowest BCUT2D eigenvalue weighted by molar-refractivity contribution is 0.271. The van der Waals surface area contributed by atoms with Crippen LogP contribution in [0.2, 0.25) is 0 Å². The Morgan fingerprint density at radius 2 is 2.30 bits per heavy atom. The molecule has 0 radical (unpaired) electrons. The molecule has 1 N–H and O–H groups in total. The molecule has 0 aliphatic carbocycles. The first kappa shape index (κ1) is 15.9. The molecule has 0 amide bonds. The van der Waals surface area contributed by atoms with Gasteiger partial charge in [-0.05, 0) is 44.9 Å². The second kappa shape index (κ2) is 6.53. The minimum atomic E-state index is -3.38. The highest BCUT2D eigenvalue weighted by Crippen LogP contribution is 2.26. The summed E-state index contributed by atoms with van der Waals surface area (Å²) < 4.78 is 26.8. The van der Waals surface area contributed by atoms with Crippen LogP contribution in [0.15, 0.2) is 16.3 Å². The summed E-state index contributed by atoms with van der Waals surface area (Å²) in [5, 5.41) is 4.86. The van der Waals surface area contributed by atoms with Gasteiger partial charge < -0.3 is 10.2 Å². The van der Waals surface area contributed by atoms with Gasteiger partial charge in [0.1, 0.15) is 0 Å². The van der Waals surface area contributed by atoms with Crippen molar-refractivity contribution in [3.05, 3.63) is 16.3 Å². The average molecular weight is 317 g/mol. The average Bonchev–Trinajstić information content (AvgIpc) is 3.00. The van der Waals surface area contributed by atoms with Crippen molar-refractivity contribution in [1.29, 1.82) is 0 Å². The Kier molecular flexibility index (Phi) is 5.19. The van der Waals surface area contributed by atoms with E-state index in [-0.39, 0.29) is 0 Å². The summed E-state index contributed by atoms with van der Waals surface area (Å²) >= 11 is 1.48. The van der Waals surface area contributed by atoms with Crippen molar-refractivity contribution in [1.82, 2.24) is 14.5 Å². The third-order valence-electron chi connectivity index (χ3n) is 3.87. The Morgan fingerprint density at radius 3 is 2.90 bits per heavy atom. The number of hydrogen-bond donors (Lipinski definition) is 1. The highest BCUT2D eigenvalue weighted by atomic mass is 32.2. The van der Waals surface area contributed by atoms with E-state index in [0.717, 1.165) is 24.3 Å². The van der Waals surface area contributed by atoms with Crippen LogP contribution in [0.5, 0.6) is 0 Å². The molecule has 1 unspecified atom stereocenters. The molecule has 20 heavy (non-hydrogen) atoms. The Labute approximate surface area is 125 Å². The molecule has 1 aliphatic heterocycles. The van der Waals surface area contributed by atoms with Crippen molar-refractivity contribution < 1.29 is 8.42 Å². The van der Waals surface area contributed by atoms with Crippen LogP contribution in [0.1, 0.15) is 17.7 Å². The molecule has 1 atom stereocenters. The van der Waals surface area contributed by atoms with Gasteiger partial charge in [-0.1, -0.05) is 0 Å². The largest absolute Gasteiger partial charge is 0.315 e. The van der Waals surface area contributed by atoms with Gasteiger partial charge in [-0.2, -0.15) is 4.31 Å². The quantitative estimate of drug-likeness (QED) is 0.856. The molecule has 1 aromatic rings. The second-order valence-corrected chi connectivity index (χ2v) is 8.31. The number of thiophene rings is 1. The maximum atomic E-state index is 12.7. The molecular formula is C13H23N3O2S2. The monoisotopic (exact) mass is 317 g/mol. The van der Waals surface area contributed by atoms with Gasteiger partial charge in [-0.15, -0.1) is 11.3 Å². The number of likely N-dealkylation sites (tertiary alicyclic amines) is 1. The lowest BCUT2D eigenvalue weighted by atomic mass is 10.2. The maximum Gasteiger partial charge on any atom is 0.244 e. The van der Waals surface area contributed by atoms with Gasteiger partial charge in [-0.3, -0.25) is 0 Å². The van der Waals surface area contributed by atoms with E-state index in [1.54, 1.807) is 13.1 Å². The molecule has 1 fully saturated rings. The highest BCUT2D eigenvalue weighted by Gasteiger charge is 2.29. The summed E-state index contributed by atoms with van der Waals surface area (Å²) in [4.78, 5) is 3.56. The summed E-state index contributed by atoms with van der Waals surface area (Å²) in [6, 6.07) is 2.04. The van der Waals surface area contributed by atoms with Crippen LogP contribution in [0.3, 0.4) is 0 Å². The van der Waals surface area contributed by atoms with Crippen molar-refractivity contribution >= 4 is 21.4 Å². The zero-order chi connectivity index (χ0) is 14.8. The molecular weight excluding hydrogens is 294 g/mol. The van der Waals surface area contributed by atoms with Gasteiger partial charge in [0.05, 0.1) is 4.90 Å². The Balaban J connectivity index is 2.14.